The van der Waals surface area contributed by atoms with Crippen LogP contribution in [0.15, 0.2) is 36.4 Å². The summed E-state index contributed by atoms with van der Waals surface area (Å²) in [7, 11) is 0. The van der Waals surface area contributed by atoms with E-state index in [-0.39, 0.29) is 0 Å². The molecule has 2 unspecified atom stereocenters. The van der Waals surface area contributed by atoms with Crippen LogP contribution in [0.4, 0.5) is 5.69 Å². The molecule has 0 saturated heterocycles. The molecule has 2 aliphatic heterocycles. The number of rotatable bonds is 4. The average Bonchev–Trinajstić information content (AvgIpc) is 2.67. The van der Waals surface area contributed by atoms with Gasteiger partial charge in [0.25, 0.3) is 0 Å². The maximum Gasteiger partial charge on any atom is 0.0377 e. The fraction of sp³-hybridized carbons (Fsp3) is 0.478. The van der Waals surface area contributed by atoms with E-state index >= 15 is 0 Å². The predicted octanol–water partition coefficient (Wildman–Crippen LogP) is 4.82. The molecule has 0 saturated carbocycles. The smallest absolute Gasteiger partial charge is 0.0377 e. The van der Waals surface area contributed by atoms with E-state index in [1.807, 2.05) is 0 Å². The van der Waals surface area contributed by atoms with Crippen molar-refractivity contribution in [3.05, 3.63) is 64.2 Å². The fourth-order valence-electron chi connectivity index (χ4n) is 4.36. The first-order valence-electron chi connectivity index (χ1n) is 9.93. The van der Waals surface area contributed by atoms with Crippen molar-refractivity contribution in [3.63, 3.8) is 0 Å². The van der Waals surface area contributed by atoms with E-state index in [1.165, 1.54) is 59.2 Å². The Bertz CT molecular complexity index is 750. The molecule has 2 aromatic rings. The van der Waals surface area contributed by atoms with Gasteiger partial charge in [-0.1, -0.05) is 44.2 Å². The van der Waals surface area contributed by atoms with Crippen molar-refractivity contribution in [1.82, 2.24) is 5.32 Å². The number of benzene rings is 2. The van der Waals surface area contributed by atoms with E-state index in [0.717, 1.165) is 19.5 Å². The van der Waals surface area contributed by atoms with Crippen LogP contribution in [0.1, 0.15) is 60.4 Å². The van der Waals surface area contributed by atoms with Gasteiger partial charge in [-0.2, -0.15) is 0 Å². The van der Waals surface area contributed by atoms with Crippen LogP contribution in [0.3, 0.4) is 0 Å². The first-order chi connectivity index (χ1) is 12.2. The molecule has 0 aromatic heterocycles. The van der Waals surface area contributed by atoms with Gasteiger partial charge in [-0.15, -0.1) is 0 Å². The topological polar surface area (TPSA) is 24.1 Å². The monoisotopic (exact) mass is 334 g/mol. The summed E-state index contributed by atoms with van der Waals surface area (Å²) in [6.07, 6.45) is 5.94. The van der Waals surface area contributed by atoms with Crippen molar-refractivity contribution in [2.75, 3.05) is 11.9 Å². The molecule has 4 rings (SSSR count). The van der Waals surface area contributed by atoms with Crippen LogP contribution >= 0.6 is 0 Å². The minimum Gasteiger partial charge on any atom is -0.382 e. The molecule has 2 heterocycles. The zero-order valence-electron chi connectivity index (χ0n) is 15.6. The molecule has 2 aromatic carbocycles. The van der Waals surface area contributed by atoms with Crippen molar-refractivity contribution < 1.29 is 0 Å². The van der Waals surface area contributed by atoms with Gasteiger partial charge >= 0.3 is 0 Å². The lowest BCUT2D eigenvalue weighted by atomic mass is 9.86. The summed E-state index contributed by atoms with van der Waals surface area (Å²) in [5.41, 5.74) is 8.83. The second-order valence-corrected chi connectivity index (χ2v) is 7.82. The van der Waals surface area contributed by atoms with Gasteiger partial charge in [-0.25, -0.2) is 0 Å². The summed E-state index contributed by atoms with van der Waals surface area (Å²) in [5, 5.41) is 7.32. The first kappa shape index (κ1) is 16.7. The molecule has 0 aliphatic carbocycles. The zero-order valence-corrected chi connectivity index (χ0v) is 15.6. The second-order valence-electron chi connectivity index (χ2n) is 7.82. The molecular weight excluding hydrogens is 304 g/mol. The Morgan fingerprint density at radius 1 is 1.04 bits per heavy atom. The van der Waals surface area contributed by atoms with Crippen LogP contribution in [0, 0.1) is 0 Å². The molecule has 2 aliphatic rings. The fourth-order valence-corrected chi connectivity index (χ4v) is 4.36. The highest BCUT2D eigenvalue weighted by Crippen LogP contribution is 2.31. The summed E-state index contributed by atoms with van der Waals surface area (Å²) in [4.78, 5) is 0. The van der Waals surface area contributed by atoms with E-state index in [1.54, 1.807) is 0 Å². The highest BCUT2D eigenvalue weighted by atomic mass is 14.9. The van der Waals surface area contributed by atoms with Crippen LogP contribution in [-0.2, 0) is 25.8 Å². The van der Waals surface area contributed by atoms with Gasteiger partial charge in [0.1, 0.15) is 0 Å². The second kappa shape index (κ2) is 7.21. The number of nitrogens with one attached hydrogen (secondary N) is 2. The Labute approximate surface area is 152 Å². The van der Waals surface area contributed by atoms with Crippen LogP contribution in [0.2, 0.25) is 0 Å². The lowest BCUT2D eigenvalue weighted by Crippen LogP contribution is -2.27. The molecule has 2 N–H and O–H groups in total. The van der Waals surface area contributed by atoms with E-state index in [2.05, 4.69) is 60.9 Å². The first-order valence-corrected chi connectivity index (χ1v) is 9.93. The quantitative estimate of drug-likeness (QED) is 0.838. The molecule has 2 heteroatoms. The van der Waals surface area contributed by atoms with Crippen molar-refractivity contribution in [1.29, 1.82) is 0 Å². The zero-order chi connectivity index (χ0) is 17.2. The summed E-state index contributed by atoms with van der Waals surface area (Å²) < 4.78 is 0. The minimum atomic E-state index is 0.587. The third-order valence-electron chi connectivity index (χ3n) is 6.03. The molecule has 132 valence electrons. The third-order valence-corrected chi connectivity index (χ3v) is 6.03. The number of anilines is 1. The highest BCUT2D eigenvalue weighted by Gasteiger charge is 2.21. The standard InChI is InChI=1S/C23H30N2/c1-3-17-4-5-19-8-9-22(25-23(19)13-17)12-16(2)20-7-6-18-10-11-24-15-21(18)14-20/h4-7,13-14,16,22,24-25H,3,8-12,15H2,1-2H3. The SMILES string of the molecule is CCc1ccc2c(c1)NC(CC(C)c1ccc3c(c1)CNCC3)CC2. The van der Waals surface area contributed by atoms with Crippen molar-refractivity contribution in [2.45, 2.75) is 64.5 Å². The minimum absolute atomic E-state index is 0.587. The summed E-state index contributed by atoms with van der Waals surface area (Å²) in [6, 6.07) is 14.7. The number of hydrogen-bond donors (Lipinski definition) is 2. The van der Waals surface area contributed by atoms with E-state index in [0.29, 0.717) is 12.0 Å². The Balaban J connectivity index is 1.45. The highest BCUT2D eigenvalue weighted by molar-refractivity contribution is 5.56. The molecule has 0 radical (unpaired) electrons. The third kappa shape index (κ3) is 3.59. The summed E-state index contributed by atoms with van der Waals surface area (Å²) in [5.74, 6) is 0.598. The maximum atomic E-state index is 3.82. The van der Waals surface area contributed by atoms with Gasteiger partial charge < -0.3 is 10.6 Å². The van der Waals surface area contributed by atoms with E-state index in [9.17, 15) is 0 Å². The number of fused-ring (bicyclic) bond motifs is 2. The Kier molecular flexibility index (Phi) is 4.80. The van der Waals surface area contributed by atoms with E-state index < -0.39 is 0 Å². The largest absolute Gasteiger partial charge is 0.382 e. The summed E-state index contributed by atoms with van der Waals surface area (Å²) in [6.45, 7) is 6.77. The molecule has 25 heavy (non-hydrogen) atoms. The van der Waals surface area contributed by atoms with Gasteiger partial charge in [0.15, 0.2) is 0 Å². The lowest BCUT2D eigenvalue weighted by Gasteiger charge is -2.30. The molecule has 0 amide bonds. The van der Waals surface area contributed by atoms with Crippen LogP contribution in [-0.4, -0.2) is 12.6 Å². The lowest BCUT2D eigenvalue weighted by molar-refractivity contribution is 0.535. The summed E-state index contributed by atoms with van der Waals surface area (Å²) >= 11 is 0. The Morgan fingerprint density at radius 2 is 1.92 bits per heavy atom. The Morgan fingerprint density at radius 3 is 2.80 bits per heavy atom. The van der Waals surface area contributed by atoms with Gasteiger partial charge in [0, 0.05) is 18.3 Å². The Hall–Kier alpha value is -1.80. The molecule has 2 atom stereocenters. The molecular formula is C23H30N2. The van der Waals surface area contributed by atoms with E-state index in [4.69, 9.17) is 0 Å². The molecule has 2 nitrogen and oxygen atoms in total. The number of aryl methyl sites for hydroxylation is 2. The van der Waals surface area contributed by atoms with Crippen LogP contribution in [0.25, 0.3) is 0 Å². The van der Waals surface area contributed by atoms with Gasteiger partial charge in [-0.05, 0) is 78.5 Å². The van der Waals surface area contributed by atoms with Crippen molar-refractivity contribution >= 4 is 5.69 Å². The van der Waals surface area contributed by atoms with Crippen LogP contribution in [0.5, 0.6) is 0 Å². The van der Waals surface area contributed by atoms with Crippen molar-refractivity contribution in [3.8, 4) is 0 Å². The predicted molar refractivity (Wildman–Crippen MR) is 106 cm³/mol. The molecule has 0 fully saturated rings. The molecule has 0 bridgehead atoms. The maximum absolute atomic E-state index is 3.82. The van der Waals surface area contributed by atoms with Gasteiger partial charge in [0.05, 0.1) is 0 Å². The normalized spacial score (nSPS) is 20.3. The van der Waals surface area contributed by atoms with Crippen LogP contribution < -0.4 is 10.6 Å². The average molecular weight is 335 g/mol. The van der Waals surface area contributed by atoms with Crippen molar-refractivity contribution in [2.24, 2.45) is 0 Å². The molecule has 0 spiro atoms. The van der Waals surface area contributed by atoms with Gasteiger partial charge in [0.2, 0.25) is 0 Å². The van der Waals surface area contributed by atoms with Gasteiger partial charge in [-0.3, -0.25) is 0 Å². The number of hydrogen-bond acceptors (Lipinski definition) is 2.